The Hall–Kier alpha value is -3.54. The van der Waals surface area contributed by atoms with Crippen LogP contribution in [-0.4, -0.2) is 153 Å². The third kappa shape index (κ3) is 10.2. The fraction of sp³-hybridized carbons (Fsp3) is 0.588. The molecule has 6 unspecified atom stereocenters. The molecule has 13 N–H and O–H groups in total. The second-order valence-electron chi connectivity index (χ2n) is 13.1. The highest BCUT2D eigenvalue weighted by Gasteiger charge is 2.52. The molecule has 2 saturated heterocycles. The quantitative estimate of drug-likeness (QED) is 0.101. The molecule has 0 aromatic heterocycles. The summed E-state index contributed by atoms with van der Waals surface area (Å²) in [6.07, 6.45) is -21.1. The number of rotatable bonds is 12. The van der Waals surface area contributed by atoms with E-state index in [2.05, 4.69) is 10.6 Å². The van der Waals surface area contributed by atoms with Crippen LogP contribution >= 0.6 is 0 Å². The lowest BCUT2D eigenvalue weighted by atomic mass is 9.83. The summed E-state index contributed by atoms with van der Waals surface area (Å²) in [6, 6.07) is 14.1. The van der Waals surface area contributed by atoms with E-state index in [1.807, 2.05) is 0 Å². The van der Waals surface area contributed by atoms with E-state index >= 15 is 0 Å². The van der Waals surface area contributed by atoms with Crippen LogP contribution in [0, 0.1) is 0 Å². The Labute approximate surface area is 304 Å². The normalized spacial score (nSPS) is 37.3. The van der Waals surface area contributed by atoms with Gasteiger partial charge in [-0.2, -0.15) is 0 Å². The van der Waals surface area contributed by atoms with Gasteiger partial charge in [0.2, 0.25) is 0 Å². The lowest BCUT2D eigenvalue weighted by Gasteiger charge is -2.48. The van der Waals surface area contributed by atoms with Crippen molar-refractivity contribution in [3.63, 3.8) is 0 Å². The van der Waals surface area contributed by atoms with Gasteiger partial charge in [-0.1, -0.05) is 60.7 Å². The van der Waals surface area contributed by atoms with Gasteiger partial charge in [-0.3, -0.25) is 0 Å². The topological polar surface area (TPSA) is 307 Å². The zero-order valence-corrected chi connectivity index (χ0v) is 28.5. The first kappa shape index (κ1) is 40.6. The van der Waals surface area contributed by atoms with Gasteiger partial charge in [-0.25, -0.2) is 9.59 Å². The molecule has 1 aliphatic carbocycles. The Morgan fingerprint density at radius 2 is 1.23 bits per heavy atom. The predicted molar refractivity (Wildman–Crippen MR) is 179 cm³/mol. The lowest BCUT2D eigenvalue weighted by molar-refractivity contribution is -0.333. The molecular formula is C34H48N4O15. The van der Waals surface area contributed by atoms with E-state index in [1.54, 1.807) is 60.7 Å². The molecule has 2 heterocycles. The van der Waals surface area contributed by atoms with Crippen LogP contribution in [0.25, 0.3) is 0 Å². The minimum atomic E-state index is -1.90. The van der Waals surface area contributed by atoms with Gasteiger partial charge in [-0.05, 0) is 17.5 Å². The molecule has 0 spiro atoms. The average Bonchev–Trinajstić information content (AvgIpc) is 3.16. The number of amides is 2. The van der Waals surface area contributed by atoms with Crippen LogP contribution in [0.3, 0.4) is 0 Å². The molecule has 294 valence electrons. The molecule has 15 atom stereocenters. The summed E-state index contributed by atoms with van der Waals surface area (Å²) in [7, 11) is 0. The van der Waals surface area contributed by atoms with Gasteiger partial charge in [-0.15, -0.1) is 0 Å². The smallest absolute Gasteiger partial charge is 0.407 e. The van der Waals surface area contributed by atoms with Crippen LogP contribution < -0.4 is 22.1 Å². The van der Waals surface area contributed by atoms with E-state index in [1.165, 1.54) is 0 Å². The Morgan fingerprint density at radius 1 is 0.679 bits per heavy atom. The summed E-state index contributed by atoms with van der Waals surface area (Å²) in [4.78, 5) is 25.3. The van der Waals surface area contributed by atoms with Crippen molar-refractivity contribution in [1.82, 2.24) is 10.6 Å². The minimum absolute atomic E-state index is 0.0446. The summed E-state index contributed by atoms with van der Waals surface area (Å²) >= 11 is 0. The largest absolute Gasteiger partial charge is 0.445 e. The first-order valence-corrected chi connectivity index (χ1v) is 17.1. The van der Waals surface area contributed by atoms with Crippen LogP contribution in [0.1, 0.15) is 17.5 Å². The molecule has 0 bridgehead atoms. The maximum atomic E-state index is 13.0. The molecule has 19 nitrogen and oxygen atoms in total. The molecule has 2 aromatic carbocycles. The zero-order chi connectivity index (χ0) is 38.2. The van der Waals surface area contributed by atoms with Gasteiger partial charge in [0, 0.05) is 12.6 Å². The molecule has 19 heteroatoms. The van der Waals surface area contributed by atoms with Crippen molar-refractivity contribution in [2.75, 3.05) is 13.2 Å². The first-order valence-electron chi connectivity index (χ1n) is 17.1. The molecule has 0 radical (unpaired) electrons. The van der Waals surface area contributed by atoms with Crippen molar-refractivity contribution in [2.45, 2.75) is 111 Å². The van der Waals surface area contributed by atoms with E-state index in [0.717, 1.165) is 5.56 Å². The monoisotopic (exact) mass is 752 g/mol. The van der Waals surface area contributed by atoms with Gasteiger partial charge in [0.1, 0.15) is 74.3 Å². The predicted octanol–water partition coefficient (Wildman–Crippen LogP) is -3.36. The number of carbonyl (C=O) groups is 2. The summed E-state index contributed by atoms with van der Waals surface area (Å²) in [5.74, 6) is 0. The van der Waals surface area contributed by atoms with E-state index < -0.39 is 117 Å². The molecule has 3 aliphatic rings. The highest BCUT2D eigenvalue weighted by molar-refractivity contribution is 5.68. The summed E-state index contributed by atoms with van der Waals surface area (Å²) in [6.45, 7) is -1.21. The number of nitrogens with two attached hydrogens (primary N) is 2. The number of carbonyl (C=O) groups excluding carboxylic acids is 2. The summed E-state index contributed by atoms with van der Waals surface area (Å²) < 4.78 is 33.7. The number of benzene rings is 2. The van der Waals surface area contributed by atoms with Crippen LogP contribution in [-0.2, 0) is 41.6 Å². The molecule has 2 aliphatic heterocycles. The highest BCUT2D eigenvalue weighted by Crippen LogP contribution is 2.32. The van der Waals surface area contributed by atoms with Crippen LogP contribution in [0.4, 0.5) is 9.59 Å². The number of alkyl carbamates (subject to hydrolysis) is 2. The number of ether oxygens (including phenoxy) is 6. The number of aliphatic hydroxyl groups is 7. The van der Waals surface area contributed by atoms with Crippen LogP contribution in [0.2, 0.25) is 0 Å². The van der Waals surface area contributed by atoms with Gasteiger partial charge in [0.15, 0.2) is 12.6 Å². The number of hydrogen-bond acceptors (Lipinski definition) is 17. The highest BCUT2D eigenvalue weighted by atomic mass is 16.7. The second-order valence-corrected chi connectivity index (χ2v) is 13.1. The molecule has 53 heavy (non-hydrogen) atoms. The van der Waals surface area contributed by atoms with Crippen LogP contribution in [0.5, 0.6) is 0 Å². The zero-order valence-electron chi connectivity index (χ0n) is 28.5. The van der Waals surface area contributed by atoms with E-state index in [0.29, 0.717) is 5.56 Å². The minimum Gasteiger partial charge on any atom is -0.445 e. The van der Waals surface area contributed by atoms with Crippen molar-refractivity contribution >= 4 is 12.2 Å². The van der Waals surface area contributed by atoms with Crippen molar-refractivity contribution < 1.29 is 73.8 Å². The Kier molecular flexibility index (Phi) is 14.3. The lowest BCUT2D eigenvalue weighted by Crippen LogP contribution is -2.69. The van der Waals surface area contributed by atoms with Gasteiger partial charge < -0.3 is 86.3 Å². The Balaban J connectivity index is 1.29. The maximum Gasteiger partial charge on any atom is 0.407 e. The third-order valence-corrected chi connectivity index (χ3v) is 9.38. The number of hydrogen-bond donors (Lipinski definition) is 11. The van der Waals surface area contributed by atoms with Crippen molar-refractivity contribution in [1.29, 1.82) is 0 Å². The van der Waals surface area contributed by atoms with E-state index in [4.69, 9.17) is 39.9 Å². The number of aliphatic hydroxyl groups excluding tert-OH is 7. The van der Waals surface area contributed by atoms with E-state index in [9.17, 15) is 45.3 Å². The van der Waals surface area contributed by atoms with Gasteiger partial charge >= 0.3 is 12.2 Å². The van der Waals surface area contributed by atoms with Gasteiger partial charge in [0.05, 0.1) is 18.7 Å². The molecule has 2 aromatic rings. The molecule has 3 fully saturated rings. The molecule has 2 amide bonds. The SMILES string of the molecule is NC1[C@@H](O)C(O[C@H]2C(O)[C@H](O[C@H]3OC(CNC(=O)OCc4ccccc4)[C@@H](O)[C@H](O)C3O)C(NC(=O)OCc3ccccc3)C[C@H]2N)O[C@H](CO)[C@H]1O. The molecule has 1 saturated carbocycles. The fourth-order valence-electron chi connectivity index (χ4n) is 6.35. The van der Waals surface area contributed by atoms with Gasteiger partial charge in [0.25, 0.3) is 0 Å². The summed E-state index contributed by atoms with van der Waals surface area (Å²) in [5, 5.41) is 79.6. The fourth-order valence-corrected chi connectivity index (χ4v) is 6.35. The molecular weight excluding hydrogens is 704 g/mol. The average molecular weight is 753 g/mol. The molecule has 5 rings (SSSR count). The third-order valence-electron chi connectivity index (χ3n) is 9.38. The Morgan fingerprint density at radius 3 is 1.83 bits per heavy atom. The van der Waals surface area contributed by atoms with Crippen molar-refractivity contribution in [3.05, 3.63) is 71.8 Å². The first-order chi connectivity index (χ1) is 25.4. The van der Waals surface area contributed by atoms with Crippen LogP contribution in [0.15, 0.2) is 60.7 Å². The number of nitrogens with one attached hydrogen (secondary N) is 2. The summed E-state index contributed by atoms with van der Waals surface area (Å²) in [5.41, 5.74) is 13.7. The van der Waals surface area contributed by atoms with E-state index in [-0.39, 0.29) is 19.6 Å². The van der Waals surface area contributed by atoms with Crippen molar-refractivity contribution in [2.24, 2.45) is 11.5 Å². The second kappa shape index (κ2) is 18.7. The van der Waals surface area contributed by atoms with Crippen molar-refractivity contribution in [3.8, 4) is 0 Å². The maximum absolute atomic E-state index is 13.0. The Bertz CT molecular complexity index is 1450. The standard InChI is InChI=1S/C34H48N4O15/c35-18-11-19(38-34(47)49-15-17-9-5-2-6-10-17)30(28(45)29(18)52-31-25(42)22(36)23(40)21(13-39)51-31)53-32-27(44)26(43)24(41)20(50-32)12-37-33(46)48-14-16-7-3-1-4-8-16/h1-10,18-32,39-45H,11-15,35-36H2,(H,37,46)(H,38,47)/t18-,19?,20?,21-,22?,23-,24-,25-,26+,27?,28?,29-,30-,31?,32-/m1/s1.